The van der Waals surface area contributed by atoms with Crippen LogP contribution in [0.4, 0.5) is 0 Å². The van der Waals surface area contributed by atoms with Crippen LogP contribution in [0.3, 0.4) is 0 Å². The summed E-state index contributed by atoms with van der Waals surface area (Å²) < 4.78 is 33.7. The summed E-state index contributed by atoms with van der Waals surface area (Å²) in [5, 5.41) is 7.86. The van der Waals surface area contributed by atoms with Crippen molar-refractivity contribution in [3.63, 3.8) is 0 Å². The molecule has 0 bridgehead atoms. The summed E-state index contributed by atoms with van der Waals surface area (Å²) in [4.78, 5) is 18.1. The zero-order chi connectivity index (χ0) is 23.8. The first-order chi connectivity index (χ1) is 15.7. The highest BCUT2D eigenvalue weighted by molar-refractivity contribution is 7.89. The van der Waals surface area contributed by atoms with Gasteiger partial charge in [0.25, 0.3) is 5.91 Å². The molecule has 172 valence electrons. The molecule has 33 heavy (non-hydrogen) atoms. The largest absolute Gasteiger partial charge is 0.463 e. The molecule has 4 aromatic rings. The van der Waals surface area contributed by atoms with Crippen molar-refractivity contribution in [2.45, 2.75) is 31.3 Å². The van der Waals surface area contributed by atoms with Gasteiger partial charge in [0.15, 0.2) is 11.4 Å². The lowest BCUT2D eigenvalue weighted by Crippen LogP contribution is -2.27. The van der Waals surface area contributed by atoms with E-state index < -0.39 is 10.0 Å². The summed E-state index contributed by atoms with van der Waals surface area (Å²) in [6, 6.07) is 11.8. The molecule has 10 heteroatoms. The number of nitrogens with one attached hydrogen (secondary N) is 1. The van der Waals surface area contributed by atoms with E-state index in [4.69, 9.17) is 4.42 Å². The van der Waals surface area contributed by atoms with Gasteiger partial charge in [0.1, 0.15) is 5.69 Å². The van der Waals surface area contributed by atoms with Crippen LogP contribution in [0, 0.1) is 0 Å². The fourth-order valence-electron chi connectivity index (χ4n) is 3.50. The smallest absolute Gasteiger partial charge is 0.252 e. The fourth-order valence-corrected chi connectivity index (χ4v) is 4.62. The van der Waals surface area contributed by atoms with Crippen LogP contribution in [0.15, 0.2) is 64.2 Å². The SMILES string of the molecule is CC(C)n1ncc2c(C(=O)NCc3ccccc3S(=O)(=O)N(C)C)cc(-c3ccco3)nc21. The highest BCUT2D eigenvalue weighted by Gasteiger charge is 2.22. The monoisotopic (exact) mass is 467 g/mol. The quantitative estimate of drug-likeness (QED) is 0.446. The van der Waals surface area contributed by atoms with E-state index in [1.807, 2.05) is 13.8 Å². The number of fused-ring (bicyclic) bond motifs is 1. The molecule has 4 rings (SSSR count). The van der Waals surface area contributed by atoms with Crippen LogP contribution in [0.25, 0.3) is 22.5 Å². The molecule has 0 atom stereocenters. The van der Waals surface area contributed by atoms with E-state index in [1.54, 1.807) is 53.5 Å². The lowest BCUT2D eigenvalue weighted by Gasteiger charge is -2.15. The first-order valence-corrected chi connectivity index (χ1v) is 11.8. The second-order valence-electron chi connectivity index (χ2n) is 8.03. The van der Waals surface area contributed by atoms with Gasteiger partial charge < -0.3 is 9.73 Å². The third-order valence-electron chi connectivity index (χ3n) is 5.24. The van der Waals surface area contributed by atoms with E-state index in [1.165, 1.54) is 20.2 Å². The Morgan fingerprint density at radius 2 is 1.94 bits per heavy atom. The number of sulfonamides is 1. The molecule has 0 spiro atoms. The number of furan rings is 1. The second-order valence-corrected chi connectivity index (χ2v) is 10.2. The number of carbonyl (C=O) groups is 1. The molecule has 0 aliphatic carbocycles. The highest BCUT2D eigenvalue weighted by Crippen LogP contribution is 2.27. The number of pyridine rings is 1. The number of rotatable bonds is 7. The third-order valence-corrected chi connectivity index (χ3v) is 7.16. The van der Waals surface area contributed by atoms with Gasteiger partial charge in [-0.05, 0) is 43.7 Å². The van der Waals surface area contributed by atoms with Crippen LogP contribution in [0.1, 0.15) is 35.8 Å². The van der Waals surface area contributed by atoms with Gasteiger partial charge in [-0.1, -0.05) is 18.2 Å². The molecule has 3 aromatic heterocycles. The van der Waals surface area contributed by atoms with E-state index in [0.717, 1.165) is 4.31 Å². The van der Waals surface area contributed by atoms with Crippen LogP contribution < -0.4 is 5.32 Å². The zero-order valence-corrected chi connectivity index (χ0v) is 19.6. The highest BCUT2D eigenvalue weighted by atomic mass is 32.2. The van der Waals surface area contributed by atoms with Crippen LogP contribution in [0.5, 0.6) is 0 Å². The summed E-state index contributed by atoms with van der Waals surface area (Å²) in [6.45, 7) is 4.01. The summed E-state index contributed by atoms with van der Waals surface area (Å²) in [7, 11) is -0.705. The molecule has 0 radical (unpaired) electrons. The molecular weight excluding hydrogens is 442 g/mol. The van der Waals surface area contributed by atoms with E-state index in [2.05, 4.69) is 15.4 Å². The Hall–Kier alpha value is -3.50. The molecule has 1 amide bonds. The summed E-state index contributed by atoms with van der Waals surface area (Å²) in [6.07, 6.45) is 3.16. The Labute approximate surface area is 192 Å². The van der Waals surface area contributed by atoms with Crippen LogP contribution >= 0.6 is 0 Å². The molecule has 9 nitrogen and oxygen atoms in total. The average Bonchev–Trinajstić information content (AvgIpc) is 3.46. The topological polar surface area (TPSA) is 110 Å². The van der Waals surface area contributed by atoms with E-state index in [9.17, 15) is 13.2 Å². The second kappa shape index (κ2) is 8.80. The van der Waals surface area contributed by atoms with Crippen molar-refractivity contribution in [1.82, 2.24) is 24.4 Å². The summed E-state index contributed by atoms with van der Waals surface area (Å²) in [5.74, 6) is 0.167. The minimum absolute atomic E-state index is 0.0420. The number of carbonyl (C=O) groups excluding carboxylic acids is 1. The van der Waals surface area contributed by atoms with Crippen molar-refractivity contribution in [3.05, 3.63) is 66.1 Å². The molecular formula is C23H25N5O4S. The first kappa shape index (κ1) is 22.7. The lowest BCUT2D eigenvalue weighted by atomic mass is 10.1. The predicted molar refractivity (Wildman–Crippen MR) is 124 cm³/mol. The molecule has 0 fully saturated rings. The fraction of sp³-hybridized carbons (Fsp3) is 0.261. The number of amides is 1. The van der Waals surface area contributed by atoms with Crippen molar-refractivity contribution in [2.24, 2.45) is 0 Å². The number of nitrogens with zero attached hydrogens (tertiary/aromatic N) is 4. The summed E-state index contributed by atoms with van der Waals surface area (Å²) >= 11 is 0. The van der Waals surface area contributed by atoms with Crippen molar-refractivity contribution in [3.8, 4) is 11.5 Å². The van der Waals surface area contributed by atoms with E-state index >= 15 is 0 Å². The van der Waals surface area contributed by atoms with Crippen LogP contribution in [-0.2, 0) is 16.6 Å². The van der Waals surface area contributed by atoms with Gasteiger partial charge in [0.2, 0.25) is 10.0 Å². The van der Waals surface area contributed by atoms with E-state index in [0.29, 0.717) is 33.6 Å². The van der Waals surface area contributed by atoms with Gasteiger partial charge in [0, 0.05) is 26.7 Å². The van der Waals surface area contributed by atoms with Gasteiger partial charge in [-0.25, -0.2) is 22.4 Å². The van der Waals surface area contributed by atoms with E-state index in [-0.39, 0.29) is 23.4 Å². The minimum Gasteiger partial charge on any atom is -0.463 e. The van der Waals surface area contributed by atoms with Crippen LogP contribution in [-0.4, -0.2) is 47.5 Å². The Bertz CT molecular complexity index is 1410. The third kappa shape index (κ3) is 4.27. The molecule has 0 unspecified atom stereocenters. The maximum Gasteiger partial charge on any atom is 0.252 e. The molecule has 0 aliphatic rings. The Balaban J connectivity index is 1.72. The molecule has 0 saturated heterocycles. The predicted octanol–water partition coefficient (Wildman–Crippen LogP) is 3.45. The van der Waals surface area contributed by atoms with Crippen molar-refractivity contribution < 1.29 is 17.6 Å². The Morgan fingerprint density at radius 1 is 1.18 bits per heavy atom. The minimum atomic E-state index is -3.65. The van der Waals surface area contributed by atoms with Crippen molar-refractivity contribution >= 4 is 27.0 Å². The molecule has 3 heterocycles. The maximum absolute atomic E-state index is 13.3. The normalized spacial score (nSPS) is 12.1. The maximum atomic E-state index is 13.3. The standard InChI is InChI=1S/C23H25N5O4S/c1-15(2)28-22-18(14-25-28)17(12-19(26-22)20-9-7-11-32-20)23(29)24-13-16-8-5-6-10-21(16)33(30,31)27(3)4/h5-12,14-15H,13H2,1-4H3,(H,24,29). The number of benzene rings is 1. The number of hydrogen-bond donors (Lipinski definition) is 1. The number of hydrogen-bond acceptors (Lipinski definition) is 6. The lowest BCUT2D eigenvalue weighted by molar-refractivity contribution is 0.0952. The Kier molecular flexibility index (Phi) is 6.05. The van der Waals surface area contributed by atoms with Crippen molar-refractivity contribution in [1.29, 1.82) is 0 Å². The van der Waals surface area contributed by atoms with Gasteiger partial charge in [-0.15, -0.1) is 0 Å². The van der Waals surface area contributed by atoms with Gasteiger partial charge in [-0.2, -0.15) is 5.10 Å². The molecule has 1 N–H and O–H groups in total. The average molecular weight is 468 g/mol. The first-order valence-electron chi connectivity index (χ1n) is 10.4. The van der Waals surface area contributed by atoms with Gasteiger partial charge in [0.05, 0.1) is 28.3 Å². The van der Waals surface area contributed by atoms with Crippen molar-refractivity contribution in [2.75, 3.05) is 14.1 Å². The Morgan fingerprint density at radius 3 is 2.61 bits per heavy atom. The number of aromatic nitrogens is 3. The molecule has 1 aromatic carbocycles. The van der Waals surface area contributed by atoms with Gasteiger partial charge >= 0.3 is 0 Å². The molecule has 0 aliphatic heterocycles. The van der Waals surface area contributed by atoms with Gasteiger partial charge in [-0.3, -0.25) is 4.79 Å². The summed E-state index contributed by atoms with van der Waals surface area (Å²) in [5.41, 5.74) is 1.95. The van der Waals surface area contributed by atoms with Crippen LogP contribution in [0.2, 0.25) is 0 Å². The zero-order valence-electron chi connectivity index (χ0n) is 18.8. The molecule has 0 saturated carbocycles.